The average molecular weight is 428 g/mol. The zero-order valence-corrected chi connectivity index (χ0v) is 17.4. The van der Waals surface area contributed by atoms with Crippen LogP contribution < -0.4 is 5.32 Å². The van der Waals surface area contributed by atoms with E-state index in [2.05, 4.69) is 15.5 Å². The molecule has 0 aliphatic carbocycles. The number of halogens is 1. The number of hydrogen-bond acceptors (Lipinski definition) is 6. The molecule has 7 nitrogen and oxygen atoms in total. The fourth-order valence-corrected chi connectivity index (χ4v) is 3.89. The molecule has 4 rings (SSSR count). The minimum absolute atomic E-state index is 0.115. The number of furan rings is 1. The lowest BCUT2D eigenvalue weighted by atomic mass is 10.2. The van der Waals surface area contributed by atoms with E-state index in [4.69, 9.17) is 21.1 Å². The van der Waals surface area contributed by atoms with E-state index < -0.39 is 0 Å². The lowest BCUT2D eigenvalue weighted by Gasteiger charge is -2.04. The van der Waals surface area contributed by atoms with Gasteiger partial charge in [-0.25, -0.2) is 4.68 Å². The highest BCUT2D eigenvalue weighted by Gasteiger charge is 2.18. The first kappa shape index (κ1) is 19.5. The predicted octanol–water partition coefficient (Wildman–Crippen LogP) is 4.09. The van der Waals surface area contributed by atoms with Crippen LogP contribution in [-0.4, -0.2) is 31.6 Å². The summed E-state index contributed by atoms with van der Waals surface area (Å²) >= 11 is 7.31. The first-order valence-corrected chi connectivity index (χ1v) is 10.3. The molecule has 1 aromatic carbocycles. The van der Waals surface area contributed by atoms with Gasteiger partial charge >= 0.3 is 0 Å². The molecule has 1 amide bonds. The van der Waals surface area contributed by atoms with Gasteiger partial charge in [-0.05, 0) is 50.2 Å². The number of amides is 1. The van der Waals surface area contributed by atoms with Crippen LogP contribution in [0, 0.1) is 13.8 Å². The number of nitrogens with zero attached hydrogens (tertiary/aromatic N) is 4. The molecule has 0 atom stereocenters. The van der Waals surface area contributed by atoms with Crippen LogP contribution >= 0.6 is 23.4 Å². The topological polar surface area (TPSA) is 85.8 Å². The van der Waals surface area contributed by atoms with E-state index in [1.54, 1.807) is 12.3 Å². The number of hydrogen-bond donors (Lipinski definition) is 1. The average Bonchev–Trinajstić information content (AvgIpc) is 3.35. The number of aromatic nitrogens is 4. The van der Waals surface area contributed by atoms with Crippen molar-refractivity contribution >= 4 is 40.2 Å². The van der Waals surface area contributed by atoms with E-state index in [1.165, 1.54) is 11.8 Å². The van der Waals surface area contributed by atoms with Crippen molar-refractivity contribution in [2.75, 3.05) is 5.75 Å². The van der Waals surface area contributed by atoms with Crippen LogP contribution in [0.3, 0.4) is 0 Å². The molecular weight excluding hydrogens is 410 g/mol. The van der Waals surface area contributed by atoms with Gasteiger partial charge in [0, 0.05) is 10.4 Å². The van der Waals surface area contributed by atoms with Crippen molar-refractivity contribution in [1.82, 2.24) is 25.3 Å². The summed E-state index contributed by atoms with van der Waals surface area (Å²) in [5, 5.41) is 18.3. The standard InChI is InChI=1S/C20H18ClN5O2S/c1-12-18-13(2)26(15-7-5-14(21)6-8-15)25-19(18)20(24-23-12)29-11-17(27)22-10-16-4-3-9-28-16/h3-9H,10-11H2,1-2H3,(H,22,27). The van der Waals surface area contributed by atoms with Crippen molar-refractivity contribution in [2.45, 2.75) is 25.4 Å². The number of benzene rings is 1. The van der Waals surface area contributed by atoms with Crippen molar-refractivity contribution in [3.8, 4) is 5.69 Å². The fourth-order valence-electron chi connectivity index (χ4n) is 3.02. The van der Waals surface area contributed by atoms with Gasteiger partial charge in [0.05, 0.1) is 35.6 Å². The molecule has 0 aliphatic rings. The molecule has 3 aromatic heterocycles. The summed E-state index contributed by atoms with van der Waals surface area (Å²) in [4.78, 5) is 12.2. The Labute approximate surface area is 176 Å². The van der Waals surface area contributed by atoms with Crippen molar-refractivity contribution in [3.63, 3.8) is 0 Å². The maximum Gasteiger partial charge on any atom is 0.230 e. The van der Waals surface area contributed by atoms with Crippen molar-refractivity contribution in [3.05, 3.63) is 64.8 Å². The number of carbonyl (C=O) groups excluding carboxylic acids is 1. The fraction of sp³-hybridized carbons (Fsp3) is 0.200. The summed E-state index contributed by atoms with van der Waals surface area (Å²) < 4.78 is 7.06. The third-order valence-electron chi connectivity index (χ3n) is 4.42. The first-order chi connectivity index (χ1) is 14.0. The molecular formula is C20H18ClN5O2S. The lowest BCUT2D eigenvalue weighted by molar-refractivity contribution is -0.118. The minimum Gasteiger partial charge on any atom is -0.467 e. The second-order valence-electron chi connectivity index (χ2n) is 6.43. The smallest absolute Gasteiger partial charge is 0.230 e. The molecule has 0 bridgehead atoms. The van der Waals surface area contributed by atoms with Gasteiger partial charge in [-0.1, -0.05) is 23.4 Å². The number of nitrogens with one attached hydrogen (secondary N) is 1. The Morgan fingerprint density at radius 2 is 2.00 bits per heavy atom. The second-order valence-corrected chi connectivity index (χ2v) is 7.83. The molecule has 0 radical (unpaired) electrons. The highest BCUT2D eigenvalue weighted by atomic mass is 35.5. The van der Waals surface area contributed by atoms with Gasteiger partial charge in [-0.2, -0.15) is 10.2 Å². The van der Waals surface area contributed by atoms with Gasteiger partial charge in [0.1, 0.15) is 16.3 Å². The van der Waals surface area contributed by atoms with E-state index in [0.29, 0.717) is 22.4 Å². The zero-order chi connectivity index (χ0) is 20.4. The highest BCUT2D eigenvalue weighted by molar-refractivity contribution is 8.00. The molecule has 29 heavy (non-hydrogen) atoms. The Bertz CT molecular complexity index is 1160. The zero-order valence-electron chi connectivity index (χ0n) is 15.8. The first-order valence-electron chi connectivity index (χ1n) is 8.93. The second kappa shape index (κ2) is 8.26. The molecule has 3 heterocycles. The maximum atomic E-state index is 12.2. The third kappa shape index (κ3) is 4.13. The van der Waals surface area contributed by atoms with Gasteiger partial charge in [-0.15, -0.1) is 5.10 Å². The van der Waals surface area contributed by atoms with Crippen LogP contribution in [0.1, 0.15) is 17.1 Å². The monoisotopic (exact) mass is 427 g/mol. The quantitative estimate of drug-likeness (QED) is 0.466. The van der Waals surface area contributed by atoms with Crippen LogP contribution in [0.15, 0.2) is 52.1 Å². The van der Waals surface area contributed by atoms with E-state index in [9.17, 15) is 4.79 Å². The van der Waals surface area contributed by atoms with Gasteiger partial charge in [0.15, 0.2) is 0 Å². The predicted molar refractivity (Wildman–Crippen MR) is 112 cm³/mol. The minimum atomic E-state index is -0.115. The van der Waals surface area contributed by atoms with Crippen LogP contribution in [0.5, 0.6) is 0 Å². The summed E-state index contributed by atoms with van der Waals surface area (Å²) in [5.74, 6) is 0.800. The molecule has 0 fully saturated rings. The lowest BCUT2D eigenvalue weighted by Crippen LogP contribution is -2.24. The van der Waals surface area contributed by atoms with Gasteiger partial charge in [0.25, 0.3) is 0 Å². The molecule has 0 saturated carbocycles. The molecule has 9 heteroatoms. The largest absolute Gasteiger partial charge is 0.467 e. The van der Waals surface area contributed by atoms with Crippen molar-refractivity contribution in [2.24, 2.45) is 0 Å². The molecule has 0 saturated heterocycles. The summed E-state index contributed by atoms with van der Waals surface area (Å²) in [7, 11) is 0. The van der Waals surface area contributed by atoms with Crippen molar-refractivity contribution < 1.29 is 9.21 Å². The molecule has 148 valence electrons. The molecule has 1 N–H and O–H groups in total. The molecule has 0 unspecified atom stereocenters. The number of rotatable bonds is 6. The third-order valence-corrected chi connectivity index (χ3v) is 5.63. The Morgan fingerprint density at radius 3 is 2.72 bits per heavy atom. The Balaban J connectivity index is 1.56. The molecule has 0 aliphatic heterocycles. The SMILES string of the molecule is Cc1nnc(SCC(=O)NCc2ccco2)c2nn(-c3ccc(Cl)cc3)c(C)c12. The number of carbonyl (C=O) groups is 1. The van der Waals surface area contributed by atoms with E-state index in [-0.39, 0.29) is 11.7 Å². The molecule has 4 aromatic rings. The van der Waals surface area contributed by atoms with Gasteiger partial charge < -0.3 is 9.73 Å². The Kier molecular flexibility index (Phi) is 5.55. The summed E-state index contributed by atoms with van der Waals surface area (Å²) in [5.41, 5.74) is 3.38. The summed E-state index contributed by atoms with van der Waals surface area (Å²) in [6.07, 6.45) is 1.58. The number of aryl methyl sites for hydroxylation is 2. The maximum absolute atomic E-state index is 12.2. The number of thioether (sulfide) groups is 1. The Hall–Kier alpha value is -2.84. The summed E-state index contributed by atoms with van der Waals surface area (Å²) in [6.45, 7) is 4.25. The van der Waals surface area contributed by atoms with Gasteiger partial charge in [-0.3, -0.25) is 4.79 Å². The normalized spacial score (nSPS) is 11.1. The van der Waals surface area contributed by atoms with Crippen LogP contribution in [-0.2, 0) is 11.3 Å². The molecule has 0 spiro atoms. The van der Waals surface area contributed by atoms with Crippen LogP contribution in [0.4, 0.5) is 0 Å². The van der Waals surface area contributed by atoms with E-state index >= 15 is 0 Å². The van der Waals surface area contributed by atoms with Crippen LogP contribution in [0.2, 0.25) is 5.02 Å². The van der Waals surface area contributed by atoms with E-state index in [0.717, 1.165) is 28.0 Å². The van der Waals surface area contributed by atoms with Crippen molar-refractivity contribution in [1.29, 1.82) is 0 Å². The number of fused-ring (bicyclic) bond motifs is 1. The highest BCUT2D eigenvalue weighted by Crippen LogP contribution is 2.30. The summed E-state index contributed by atoms with van der Waals surface area (Å²) in [6, 6.07) is 11.1. The van der Waals surface area contributed by atoms with E-state index in [1.807, 2.05) is 48.9 Å². The van der Waals surface area contributed by atoms with Crippen LogP contribution in [0.25, 0.3) is 16.6 Å². The Morgan fingerprint density at radius 1 is 1.21 bits per heavy atom. The van der Waals surface area contributed by atoms with Gasteiger partial charge in [0.2, 0.25) is 5.91 Å².